The van der Waals surface area contributed by atoms with E-state index in [4.69, 9.17) is 17.7 Å². The van der Waals surface area contributed by atoms with Crippen LogP contribution in [0.25, 0.3) is 0 Å². The van der Waals surface area contributed by atoms with E-state index in [0.29, 0.717) is 11.3 Å². The molecule has 0 unspecified atom stereocenters. The van der Waals surface area contributed by atoms with E-state index in [2.05, 4.69) is 4.98 Å². The molecule has 0 aliphatic heterocycles. The van der Waals surface area contributed by atoms with Gasteiger partial charge in [-0.2, -0.15) is 0 Å². The van der Waals surface area contributed by atoms with Crippen LogP contribution in [0, 0.1) is 0 Å². The second-order valence-electron chi connectivity index (χ2n) is 1.97. The van der Waals surface area contributed by atoms with Gasteiger partial charge in [0.15, 0.2) is 0 Å². The van der Waals surface area contributed by atoms with E-state index in [0.717, 1.165) is 0 Å². The molecule has 1 heterocycles. The molecule has 0 spiro atoms. The molecule has 2 radical (unpaired) electrons. The topological polar surface area (TPSA) is 42.4 Å². The highest BCUT2D eigenvalue weighted by Gasteiger charge is 1.96. The Morgan fingerprint density at radius 1 is 1.64 bits per heavy atom. The van der Waals surface area contributed by atoms with E-state index < -0.39 is 0 Å². The summed E-state index contributed by atoms with van der Waals surface area (Å²) in [5.41, 5.74) is 0.487. The predicted molar refractivity (Wildman–Crippen MR) is 42.2 cm³/mol. The van der Waals surface area contributed by atoms with Crippen molar-refractivity contribution in [2.75, 3.05) is 13.2 Å². The number of aromatic nitrogens is 1. The number of hydrogen-bond acceptors (Lipinski definition) is 3. The van der Waals surface area contributed by atoms with Crippen molar-refractivity contribution in [3.8, 4) is 5.88 Å². The highest BCUT2D eigenvalue weighted by atomic mass is 16.5. The molecule has 0 saturated carbocycles. The number of aliphatic hydroxyl groups excluding tert-OH is 1. The molecule has 0 atom stereocenters. The van der Waals surface area contributed by atoms with Gasteiger partial charge in [-0.25, -0.2) is 4.98 Å². The van der Waals surface area contributed by atoms with Gasteiger partial charge in [0.05, 0.1) is 6.61 Å². The molecule has 0 bridgehead atoms. The van der Waals surface area contributed by atoms with Gasteiger partial charge < -0.3 is 9.84 Å². The van der Waals surface area contributed by atoms with Crippen LogP contribution in [0.1, 0.15) is 0 Å². The van der Waals surface area contributed by atoms with Gasteiger partial charge in [0.2, 0.25) is 5.88 Å². The SMILES string of the molecule is [B]c1cccnc1OCCO. The van der Waals surface area contributed by atoms with Gasteiger partial charge in [-0.15, -0.1) is 0 Å². The summed E-state index contributed by atoms with van der Waals surface area (Å²) < 4.78 is 5.00. The maximum atomic E-state index is 8.42. The summed E-state index contributed by atoms with van der Waals surface area (Å²) in [5, 5.41) is 8.42. The monoisotopic (exact) mass is 149 g/mol. The molecule has 0 fully saturated rings. The summed E-state index contributed by atoms with van der Waals surface area (Å²) in [4.78, 5) is 3.86. The number of ether oxygens (including phenoxy) is 1. The summed E-state index contributed by atoms with van der Waals surface area (Å²) in [6, 6.07) is 3.42. The summed E-state index contributed by atoms with van der Waals surface area (Å²) in [6.45, 7) is 0.192. The van der Waals surface area contributed by atoms with Crippen LogP contribution in [0.3, 0.4) is 0 Å². The first kappa shape index (κ1) is 8.08. The third-order valence-corrected chi connectivity index (χ3v) is 1.13. The minimum absolute atomic E-state index is 0.0317. The molecule has 56 valence electrons. The second-order valence-corrected chi connectivity index (χ2v) is 1.97. The van der Waals surface area contributed by atoms with Crippen molar-refractivity contribution in [3.05, 3.63) is 18.3 Å². The van der Waals surface area contributed by atoms with Gasteiger partial charge in [0.25, 0.3) is 0 Å². The summed E-state index contributed by atoms with van der Waals surface area (Å²) in [6.07, 6.45) is 1.59. The van der Waals surface area contributed by atoms with Gasteiger partial charge in [-0.1, -0.05) is 6.07 Å². The lowest BCUT2D eigenvalue weighted by atomic mass is 9.98. The first-order chi connectivity index (χ1) is 5.34. The van der Waals surface area contributed by atoms with E-state index >= 15 is 0 Å². The van der Waals surface area contributed by atoms with Crippen molar-refractivity contribution in [1.29, 1.82) is 0 Å². The maximum Gasteiger partial charge on any atom is 0.205 e. The van der Waals surface area contributed by atoms with Gasteiger partial charge in [-0.3, -0.25) is 0 Å². The van der Waals surface area contributed by atoms with Crippen LogP contribution in [0.5, 0.6) is 5.88 Å². The Morgan fingerprint density at radius 3 is 3.09 bits per heavy atom. The van der Waals surface area contributed by atoms with Gasteiger partial charge in [0, 0.05) is 6.20 Å². The Hall–Kier alpha value is -1.03. The smallest absolute Gasteiger partial charge is 0.205 e. The van der Waals surface area contributed by atoms with Crippen LogP contribution < -0.4 is 10.2 Å². The molecule has 0 saturated heterocycles. The maximum absolute atomic E-state index is 8.42. The highest BCUT2D eigenvalue weighted by Crippen LogP contribution is 1.97. The second kappa shape index (κ2) is 3.98. The fourth-order valence-corrected chi connectivity index (χ4v) is 0.666. The average molecular weight is 149 g/mol. The quantitative estimate of drug-likeness (QED) is 0.574. The summed E-state index contributed by atoms with van der Waals surface area (Å²) >= 11 is 0. The molecule has 4 heteroatoms. The zero-order valence-electron chi connectivity index (χ0n) is 6.03. The van der Waals surface area contributed by atoms with Crippen molar-refractivity contribution < 1.29 is 9.84 Å². The van der Waals surface area contributed by atoms with Gasteiger partial charge >= 0.3 is 0 Å². The summed E-state index contributed by atoms with van der Waals surface area (Å²) in [7, 11) is 5.49. The largest absolute Gasteiger partial charge is 0.476 e. The zero-order valence-corrected chi connectivity index (χ0v) is 6.03. The number of hydrogen-bond donors (Lipinski definition) is 1. The van der Waals surface area contributed by atoms with E-state index in [9.17, 15) is 0 Å². The lowest BCUT2D eigenvalue weighted by Crippen LogP contribution is -2.13. The lowest BCUT2D eigenvalue weighted by Gasteiger charge is -2.04. The first-order valence-electron chi connectivity index (χ1n) is 3.28. The third-order valence-electron chi connectivity index (χ3n) is 1.13. The summed E-state index contributed by atoms with van der Waals surface area (Å²) in [5.74, 6) is 0.376. The fraction of sp³-hybridized carbons (Fsp3) is 0.286. The Bertz CT molecular complexity index is 229. The molecular formula is C7H8BNO2. The molecule has 11 heavy (non-hydrogen) atoms. The van der Waals surface area contributed by atoms with Crippen LogP contribution in [0.15, 0.2) is 18.3 Å². The average Bonchev–Trinajstić information content (AvgIpc) is 2.03. The van der Waals surface area contributed by atoms with Crippen molar-refractivity contribution in [2.45, 2.75) is 0 Å². The van der Waals surface area contributed by atoms with Crippen LogP contribution in [0.2, 0.25) is 0 Å². The predicted octanol–water partition coefficient (Wildman–Crippen LogP) is -0.754. The normalized spacial score (nSPS) is 9.55. The third kappa shape index (κ3) is 2.24. The Kier molecular flexibility index (Phi) is 2.92. The molecule has 3 nitrogen and oxygen atoms in total. The molecule has 1 aromatic heterocycles. The van der Waals surface area contributed by atoms with Crippen molar-refractivity contribution >= 4 is 13.3 Å². The van der Waals surface area contributed by atoms with Crippen LogP contribution in [-0.2, 0) is 0 Å². The van der Waals surface area contributed by atoms with Crippen molar-refractivity contribution in [2.24, 2.45) is 0 Å². The van der Waals surface area contributed by atoms with Crippen LogP contribution >= 0.6 is 0 Å². The Morgan fingerprint density at radius 2 is 2.45 bits per heavy atom. The minimum Gasteiger partial charge on any atom is -0.476 e. The molecule has 0 aliphatic carbocycles. The Labute approximate surface area is 66.4 Å². The molecule has 0 aromatic carbocycles. The standard InChI is InChI=1S/C7H8BNO2/c8-6-2-1-3-9-7(6)11-5-4-10/h1-3,10H,4-5H2. The molecule has 1 N–H and O–H groups in total. The van der Waals surface area contributed by atoms with E-state index in [1.165, 1.54) is 0 Å². The fourth-order valence-electron chi connectivity index (χ4n) is 0.666. The molecule has 1 aromatic rings. The molecule has 0 amide bonds. The van der Waals surface area contributed by atoms with E-state index in [-0.39, 0.29) is 13.2 Å². The minimum atomic E-state index is -0.0317. The molecule has 1 rings (SSSR count). The number of aliphatic hydroxyl groups is 1. The van der Waals surface area contributed by atoms with Gasteiger partial charge in [0.1, 0.15) is 14.5 Å². The highest BCUT2D eigenvalue weighted by molar-refractivity contribution is 6.33. The zero-order chi connectivity index (χ0) is 8.10. The molecule has 0 aliphatic rings. The van der Waals surface area contributed by atoms with Gasteiger partial charge in [-0.05, 0) is 11.5 Å². The van der Waals surface area contributed by atoms with Crippen molar-refractivity contribution in [1.82, 2.24) is 4.98 Å². The number of pyridine rings is 1. The van der Waals surface area contributed by atoms with Crippen LogP contribution in [-0.4, -0.2) is 31.2 Å². The van der Waals surface area contributed by atoms with E-state index in [1.54, 1.807) is 18.3 Å². The number of nitrogens with zero attached hydrogens (tertiary/aromatic N) is 1. The van der Waals surface area contributed by atoms with E-state index in [1.807, 2.05) is 0 Å². The number of rotatable bonds is 3. The van der Waals surface area contributed by atoms with Crippen molar-refractivity contribution in [3.63, 3.8) is 0 Å². The lowest BCUT2D eigenvalue weighted by molar-refractivity contribution is 0.198. The Balaban J connectivity index is 2.62. The first-order valence-corrected chi connectivity index (χ1v) is 3.28. The van der Waals surface area contributed by atoms with Crippen LogP contribution in [0.4, 0.5) is 0 Å². The molecular weight excluding hydrogens is 141 g/mol.